The van der Waals surface area contributed by atoms with Gasteiger partial charge in [-0.05, 0) is 38.8 Å². The van der Waals surface area contributed by atoms with E-state index in [0.29, 0.717) is 6.02 Å². The van der Waals surface area contributed by atoms with E-state index in [2.05, 4.69) is 9.89 Å². The predicted octanol–water partition coefficient (Wildman–Crippen LogP) is 0.576. The second-order valence-corrected chi connectivity index (χ2v) is 4.27. The third-order valence-electron chi connectivity index (χ3n) is 3.52. The molecule has 2 heterocycles. The summed E-state index contributed by atoms with van der Waals surface area (Å²) in [7, 11) is 1.66. The molecule has 2 rings (SSSR count). The lowest BCUT2D eigenvalue weighted by molar-refractivity contribution is 0.106. The summed E-state index contributed by atoms with van der Waals surface area (Å²) in [6.07, 6.45) is 5.10. The minimum Gasteiger partial charge on any atom is -0.463 e. The third-order valence-corrected chi connectivity index (χ3v) is 3.52. The Kier molecular flexibility index (Phi) is 2.63. The van der Waals surface area contributed by atoms with Crippen LogP contribution in [0.3, 0.4) is 0 Å². The summed E-state index contributed by atoms with van der Waals surface area (Å²) in [5, 5.41) is 0. The van der Waals surface area contributed by atoms with Crippen molar-refractivity contribution in [2.45, 2.75) is 31.2 Å². The first-order valence-electron chi connectivity index (χ1n) is 5.37. The third kappa shape index (κ3) is 1.59. The molecular weight excluding hydrogens is 178 g/mol. The van der Waals surface area contributed by atoms with E-state index in [1.54, 1.807) is 7.05 Å². The van der Waals surface area contributed by atoms with Gasteiger partial charge in [0.1, 0.15) is 6.61 Å². The van der Waals surface area contributed by atoms with E-state index in [-0.39, 0.29) is 5.54 Å². The van der Waals surface area contributed by atoms with Crippen LogP contribution in [0.2, 0.25) is 0 Å². The van der Waals surface area contributed by atoms with Crippen LogP contribution in [0.25, 0.3) is 0 Å². The maximum atomic E-state index is 5.54. The summed E-state index contributed by atoms with van der Waals surface area (Å²) in [4.78, 5) is 6.37. The molecule has 0 atom stereocenters. The Bertz CT molecular complexity index is 230. The van der Waals surface area contributed by atoms with Crippen LogP contribution in [0.1, 0.15) is 25.7 Å². The van der Waals surface area contributed by atoms with Gasteiger partial charge in [-0.25, -0.2) is 4.99 Å². The fourth-order valence-electron chi connectivity index (χ4n) is 2.73. The summed E-state index contributed by atoms with van der Waals surface area (Å²) in [5.74, 6) is 0. The first kappa shape index (κ1) is 9.77. The average molecular weight is 197 g/mol. The quantitative estimate of drug-likeness (QED) is 0.520. The summed E-state index contributed by atoms with van der Waals surface area (Å²) < 4.78 is 5.47. The molecule has 0 saturated carbocycles. The smallest absolute Gasteiger partial charge is 0.281 e. The highest BCUT2D eigenvalue weighted by Crippen LogP contribution is 2.38. The number of hydrogen-bond acceptors (Lipinski definition) is 3. The van der Waals surface area contributed by atoms with Crippen LogP contribution in [0.5, 0.6) is 0 Å². The number of ether oxygens (including phenoxy) is 1. The van der Waals surface area contributed by atoms with Crippen molar-refractivity contribution in [1.29, 1.82) is 0 Å². The summed E-state index contributed by atoms with van der Waals surface area (Å²) >= 11 is 0. The molecule has 2 aliphatic rings. The molecule has 80 valence electrons. The number of fused-ring (bicyclic) bond motifs is 1. The molecular formula is C10H19N3O. The Morgan fingerprint density at radius 3 is 2.64 bits per heavy atom. The molecule has 0 spiro atoms. The molecule has 4 nitrogen and oxygen atoms in total. The largest absolute Gasteiger partial charge is 0.463 e. The van der Waals surface area contributed by atoms with Crippen molar-refractivity contribution in [1.82, 2.24) is 4.90 Å². The van der Waals surface area contributed by atoms with Crippen molar-refractivity contribution in [2.75, 3.05) is 26.7 Å². The molecule has 0 unspecified atom stereocenters. The molecule has 2 saturated heterocycles. The Balaban J connectivity index is 1.94. The SMILES string of the molecule is CN=C(N)OCC12CCCN1CCC2. The zero-order valence-electron chi connectivity index (χ0n) is 8.83. The summed E-state index contributed by atoms with van der Waals surface area (Å²) in [6, 6.07) is 0.318. The minimum atomic E-state index is 0.287. The maximum Gasteiger partial charge on any atom is 0.281 e. The molecule has 2 aliphatic heterocycles. The standard InChI is InChI=1S/C10H19N3O/c1-12-9(11)14-8-10-4-2-6-13(10)7-3-5-10/h2-8H2,1H3,(H2,11,12). The minimum absolute atomic E-state index is 0.287. The second-order valence-electron chi connectivity index (χ2n) is 4.27. The average Bonchev–Trinajstić information content (AvgIpc) is 2.72. The Morgan fingerprint density at radius 2 is 2.07 bits per heavy atom. The normalized spacial score (nSPS) is 26.5. The van der Waals surface area contributed by atoms with Gasteiger partial charge in [0, 0.05) is 7.05 Å². The van der Waals surface area contributed by atoms with Crippen LogP contribution in [-0.2, 0) is 4.74 Å². The van der Waals surface area contributed by atoms with Crippen molar-refractivity contribution in [3.63, 3.8) is 0 Å². The van der Waals surface area contributed by atoms with Crippen LogP contribution >= 0.6 is 0 Å². The number of amidine groups is 1. The number of rotatable bonds is 2. The van der Waals surface area contributed by atoms with E-state index in [9.17, 15) is 0 Å². The lowest BCUT2D eigenvalue weighted by atomic mass is 9.95. The molecule has 0 radical (unpaired) electrons. The van der Waals surface area contributed by atoms with Gasteiger partial charge in [-0.2, -0.15) is 0 Å². The Morgan fingerprint density at radius 1 is 1.43 bits per heavy atom. The van der Waals surface area contributed by atoms with Gasteiger partial charge in [0.15, 0.2) is 0 Å². The summed E-state index contributed by atoms with van der Waals surface area (Å²) in [5.41, 5.74) is 5.83. The van der Waals surface area contributed by atoms with Gasteiger partial charge in [0.25, 0.3) is 6.02 Å². The van der Waals surface area contributed by atoms with E-state index >= 15 is 0 Å². The van der Waals surface area contributed by atoms with Crippen molar-refractivity contribution >= 4 is 6.02 Å². The first-order chi connectivity index (χ1) is 6.77. The topological polar surface area (TPSA) is 50.9 Å². The second kappa shape index (κ2) is 3.77. The van der Waals surface area contributed by atoms with E-state index in [1.807, 2.05) is 0 Å². The molecule has 0 amide bonds. The molecule has 2 N–H and O–H groups in total. The molecule has 0 bridgehead atoms. The molecule has 2 fully saturated rings. The zero-order chi connectivity index (χ0) is 10.0. The van der Waals surface area contributed by atoms with Crippen LogP contribution in [0.15, 0.2) is 4.99 Å². The Labute approximate surface area is 85.1 Å². The Hall–Kier alpha value is -0.770. The fourth-order valence-corrected chi connectivity index (χ4v) is 2.73. The molecule has 0 aromatic carbocycles. The van der Waals surface area contributed by atoms with Gasteiger partial charge >= 0.3 is 0 Å². The van der Waals surface area contributed by atoms with Gasteiger partial charge in [-0.1, -0.05) is 0 Å². The van der Waals surface area contributed by atoms with Crippen LogP contribution in [0, 0.1) is 0 Å². The first-order valence-corrected chi connectivity index (χ1v) is 5.37. The van der Waals surface area contributed by atoms with E-state index in [0.717, 1.165) is 6.61 Å². The highest BCUT2D eigenvalue weighted by Gasteiger charge is 2.44. The van der Waals surface area contributed by atoms with E-state index in [4.69, 9.17) is 10.5 Å². The lowest BCUT2D eigenvalue weighted by Gasteiger charge is -2.31. The molecule has 4 heteroatoms. The summed E-state index contributed by atoms with van der Waals surface area (Å²) in [6.45, 7) is 3.18. The van der Waals surface area contributed by atoms with Crippen LogP contribution in [0.4, 0.5) is 0 Å². The number of aliphatic imine (C=N–C) groups is 1. The lowest BCUT2D eigenvalue weighted by Crippen LogP contribution is -2.43. The highest BCUT2D eigenvalue weighted by atomic mass is 16.5. The van der Waals surface area contributed by atoms with Gasteiger partial charge in [0.05, 0.1) is 5.54 Å². The van der Waals surface area contributed by atoms with E-state index in [1.165, 1.54) is 38.8 Å². The number of nitrogens with two attached hydrogens (primary N) is 1. The van der Waals surface area contributed by atoms with Gasteiger partial charge in [0.2, 0.25) is 0 Å². The van der Waals surface area contributed by atoms with Gasteiger partial charge in [-0.3, -0.25) is 4.90 Å². The van der Waals surface area contributed by atoms with Crippen molar-refractivity contribution in [2.24, 2.45) is 10.7 Å². The van der Waals surface area contributed by atoms with Crippen LogP contribution < -0.4 is 5.73 Å². The molecule has 14 heavy (non-hydrogen) atoms. The van der Waals surface area contributed by atoms with Crippen molar-refractivity contribution in [3.05, 3.63) is 0 Å². The predicted molar refractivity (Wildman–Crippen MR) is 56.3 cm³/mol. The van der Waals surface area contributed by atoms with E-state index < -0.39 is 0 Å². The van der Waals surface area contributed by atoms with Gasteiger partial charge < -0.3 is 10.5 Å². The van der Waals surface area contributed by atoms with Crippen molar-refractivity contribution < 1.29 is 4.74 Å². The number of nitrogens with zero attached hydrogens (tertiary/aromatic N) is 2. The molecule has 0 aliphatic carbocycles. The maximum absolute atomic E-state index is 5.54. The fraction of sp³-hybridized carbons (Fsp3) is 0.900. The monoisotopic (exact) mass is 197 g/mol. The highest BCUT2D eigenvalue weighted by molar-refractivity contribution is 5.71. The molecule has 0 aromatic heterocycles. The molecule has 0 aromatic rings. The van der Waals surface area contributed by atoms with Crippen molar-refractivity contribution in [3.8, 4) is 0 Å². The zero-order valence-corrected chi connectivity index (χ0v) is 8.83. The van der Waals surface area contributed by atoms with Gasteiger partial charge in [-0.15, -0.1) is 0 Å². The number of hydrogen-bond donors (Lipinski definition) is 1. The van der Waals surface area contributed by atoms with Crippen LogP contribution in [-0.4, -0.2) is 43.2 Å².